The second-order valence-electron chi connectivity index (χ2n) is 14.3. The van der Waals surface area contributed by atoms with Crippen LogP contribution >= 0.6 is 34.8 Å². The van der Waals surface area contributed by atoms with Crippen molar-refractivity contribution in [2.75, 3.05) is 16.9 Å². The molecular weight excluding hydrogens is 836 g/mol. The van der Waals surface area contributed by atoms with Crippen LogP contribution in [0.3, 0.4) is 0 Å². The molecule has 296 valence electrons. The Morgan fingerprint density at radius 1 is 0.845 bits per heavy atom. The van der Waals surface area contributed by atoms with Gasteiger partial charge in [-0.2, -0.15) is 0 Å². The minimum absolute atomic E-state index is 0.0436. The number of amides is 4. The number of carbonyl (C=O) groups excluding carboxylic acids is 4. The summed E-state index contributed by atoms with van der Waals surface area (Å²) >= 11 is 20.7. The molecule has 18 heteroatoms. The third-order valence-corrected chi connectivity index (χ3v) is 13.2. The third kappa shape index (κ3) is 4.92. The summed E-state index contributed by atoms with van der Waals surface area (Å²) < 4.78 is 85.1. The van der Waals surface area contributed by atoms with Crippen molar-refractivity contribution in [2.45, 2.75) is 28.5 Å². The number of hydrogen-bond acceptors (Lipinski definition) is 8. The molecule has 5 aromatic rings. The van der Waals surface area contributed by atoms with Crippen LogP contribution in [0.4, 0.5) is 33.3 Å². The Balaban J connectivity index is 1.16. The first-order valence-corrected chi connectivity index (χ1v) is 18.6. The fourth-order valence-corrected chi connectivity index (χ4v) is 10.0. The summed E-state index contributed by atoms with van der Waals surface area (Å²) in [6, 6.07) is 15.7. The minimum atomic E-state index is -2.79. The molecule has 0 radical (unpaired) electrons. The fraction of sp³-hybridized carbons (Fsp3) is 0.225. The summed E-state index contributed by atoms with van der Waals surface area (Å²) in [6.45, 7) is 0. The molecule has 1 aromatic heterocycles. The van der Waals surface area contributed by atoms with Gasteiger partial charge in [0.15, 0.2) is 50.1 Å². The maximum Gasteiger partial charge on any atom is 0.258 e. The number of ether oxygens (including phenoxy) is 1. The quantitative estimate of drug-likeness (QED) is 0.0467. The third-order valence-electron chi connectivity index (χ3n) is 11.5. The number of methoxy groups -OCH3 is 1. The first-order valence-electron chi connectivity index (χ1n) is 17.4. The predicted molar refractivity (Wildman–Crippen MR) is 198 cm³/mol. The van der Waals surface area contributed by atoms with E-state index >= 15 is 8.78 Å². The SMILES string of the molecule is COc1cc([C@H]2C3=CC[C@@H]4C(=O)N(c5ccc(-c6nc7ccccc7o6)cc5)C(=O)[C@@H]4[C@@H]3C[C@@]3(Cl)C(=O)N(c4c(F)c(F)c(F)c(F)c4F)C(=O)[C@@]23Cl)cc(Cl)c1O. The molecule has 1 N–H and O–H groups in total. The number of phenolic OH excluding ortho intramolecular Hbond substituents is 1. The Hall–Kier alpha value is -5.51. The number of imide groups is 2. The lowest BCUT2D eigenvalue weighted by molar-refractivity contribution is -0.125. The number of phenols is 1. The molecule has 58 heavy (non-hydrogen) atoms. The van der Waals surface area contributed by atoms with Crippen molar-refractivity contribution < 1.29 is 55.4 Å². The molecule has 4 aliphatic rings. The molecule has 4 amide bonds. The Bertz CT molecular complexity index is 2670. The Morgan fingerprint density at radius 2 is 1.50 bits per heavy atom. The lowest BCUT2D eigenvalue weighted by Gasteiger charge is -2.50. The van der Waals surface area contributed by atoms with Crippen molar-refractivity contribution in [1.29, 1.82) is 0 Å². The smallest absolute Gasteiger partial charge is 0.258 e. The monoisotopic (exact) mass is 857 g/mol. The molecule has 0 bridgehead atoms. The molecule has 3 heterocycles. The standard InChI is InChI=1S/C40H23Cl3F5N3O7/c1-57-24-13-16(12-21(41)33(24)52)26-18-10-11-19-25(36(54)50(35(19)53)17-8-6-15(7-9-17)34-49-22-4-2-3-5-23(22)58-34)20(18)14-39(42)37(55)51(38(56)40(26,39)43)32-30(47)28(45)27(44)29(46)31(32)48/h2-10,12-13,19-20,25-26,52H,11,14H2,1H3/t19-,20+,25-,26-,39+,40-/m0/s1. The summed E-state index contributed by atoms with van der Waals surface area (Å²) in [5.41, 5.74) is 0.134. The van der Waals surface area contributed by atoms with Crippen LogP contribution in [0.1, 0.15) is 24.3 Å². The van der Waals surface area contributed by atoms with E-state index < -0.39 is 104 Å². The van der Waals surface area contributed by atoms with Crippen LogP contribution < -0.4 is 14.5 Å². The Labute approximate surface area is 338 Å². The van der Waals surface area contributed by atoms with Crippen molar-refractivity contribution in [3.63, 3.8) is 0 Å². The highest BCUT2D eigenvalue weighted by Crippen LogP contribution is 2.66. The van der Waals surface area contributed by atoms with Gasteiger partial charge in [0, 0.05) is 11.5 Å². The van der Waals surface area contributed by atoms with Gasteiger partial charge >= 0.3 is 0 Å². The van der Waals surface area contributed by atoms with Crippen LogP contribution in [0.5, 0.6) is 11.5 Å². The molecule has 6 atom stereocenters. The molecule has 1 saturated carbocycles. The zero-order valence-electron chi connectivity index (χ0n) is 29.3. The second-order valence-corrected chi connectivity index (χ2v) is 15.9. The number of aromatic hydroxyl groups is 1. The van der Waals surface area contributed by atoms with Crippen molar-refractivity contribution in [1.82, 2.24) is 4.98 Å². The topological polar surface area (TPSA) is 130 Å². The van der Waals surface area contributed by atoms with Gasteiger partial charge in [0.05, 0.1) is 29.7 Å². The lowest BCUT2D eigenvalue weighted by atomic mass is 9.56. The molecule has 0 unspecified atom stereocenters. The van der Waals surface area contributed by atoms with Gasteiger partial charge in [0.1, 0.15) is 11.2 Å². The van der Waals surface area contributed by atoms with Gasteiger partial charge in [-0.15, -0.1) is 23.2 Å². The second kappa shape index (κ2) is 13.0. The predicted octanol–water partition coefficient (Wildman–Crippen LogP) is 8.33. The van der Waals surface area contributed by atoms with Gasteiger partial charge < -0.3 is 14.3 Å². The molecule has 2 saturated heterocycles. The number of para-hydroxylation sites is 2. The number of carbonyl (C=O) groups is 4. The van der Waals surface area contributed by atoms with Crippen molar-refractivity contribution in [2.24, 2.45) is 17.8 Å². The Morgan fingerprint density at radius 3 is 2.16 bits per heavy atom. The number of allylic oxidation sites excluding steroid dienone is 2. The van der Waals surface area contributed by atoms with Gasteiger partial charge in [0.25, 0.3) is 11.8 Å². The molecule has 2 aliphatic heterocycles. The highest BCUT2D eigenvalue weighted by Gasteiger charge is 2.77. The van der Waals surface area contributed by atoms with Gasteiger partial charge in [-0.05, 0) is 72.9 Å². The fourth-order valence-electron chi connectivity index (χ4n) is 8.86. The van der Waals surface area contributed by atoms with Crippen LogP contribution in [0.15, 0.2) is 76.7 Å². The van der Waals surface area contributed by atoms with Crippen LogP contribution in [0.2, 0.25) is 5.02 Å². The molecule has 9 rings (SSSR count). The molecule has 0 spiro atoms. The maximum atomic E-state index is 15.4. The van der Waals surface area contributed by atoms with E-state index in [2.05, 4.69) is 4.98 Å². The zero-order valence-corrected chi connectivity index (χ0v) is 31.6. The number of fused-ring (bicyclic) bond motifs is 5. The lowest BCUT2D eigenvalue weighted by Crippen LogP contribution is -2.60. The number of alkyl halides is 2. The molecule has 3 fully saturated rings. The van der Waals surface area contributed by atoms with Crippen LogP contribution in [0.25, 0.3) is 22.6 Å². The molecule has 4 aromatic carbocycles. The highest BCUT2D eigenvalue weighted by atomic mass is 35.5. The number of halogens is 8. The van der Waals surface area contributed by atoms with Crippen LogP contribution in [-0.2, 0) is 19.2 Å². The summed E-state index contributed by atoms with van der Waals surface area (Å²) in [5.74, 6) is -22.6. The van der Waals surface area contributed by atoms with E-state index in [0.717, 1.165) is 11.0 Å². The molecular formula is C40H23Cl3F5N3O7. The van der Waals surface area contributed by atoms with Crippen molar-refractivity contribution in [3.05, 3.63) is 112 Å². The van der Waals surface area contributed by atoms with Gasteiger partial charge in [-0.25, -0.2) is 31.8 Å². The average molecular weight is 859 g/mol. The van der Waals surface area contributed by atoms with E-state index in [1.165, 1.54) is 31.4 Å². The van der Waals surface area contributed by atoms with E-state index in [-0.39, 0.29) is 38.9 Å². The number of rotatable bonds is 5. The summed E-state index contributed by atoms with van der Waals surface area (Å²) in [5, 5.41) is 10.2. The minimum Gasteiger partial charge on any atom is -0.503 e. The van der Waals surface area contributed by atoms with Crippen LogP contribution in [-0.4, -0.2) is 50.6 Å². The number of benzene rings is 4. The number of oxazole rings is 1. The first kappa shape index (κ1) is 38.0. The molecule has 2 aliphatic carbocycles. The van der Waals surface area contributed by atoms with Crippen molar-refractivity contribution in [3.8, 4) is 23.0 Å². The number of aromatic nitrogens is 1. The van der Waals surface area contributed by atoms with Gasteiger partial charge in [-0.1, -0.05) is 35.4 Å². The summed E-state index contributed by atoms with van der Waals surface area (Å²) in [7, 11) is 1.18. The van der Waals surface area contributed by atoms with Gasteiger partial charge in [-0.3, -0.25) is 24.1 Å². The average Bonchev–Trinajstić information content (AvgIpc) is 3.81. The summed E-state index contributed by atoms with van der Waals surface area (Å²) in [4.78, 5) is 57.3. The highest BCUT2D eigenvalue weighted by molar-refractivity contribution is 6.58. The first-order chi connectivity index (χ1) is 27.5. The van der Waals surface area contributed by atoms with Gasteiger partial charge in [0.2, 0.25) is 23.5 Å². The van der Waals surface area contributed by atoms with E-state index in [1.54, 1.807) is 36.4 Å². The zero-order chi connectivity index (χ0) is 41.3. The largest absolute Gasteiger partial charge is 0.503 e. The number of hydrogen-bond donors (Lipinski definition) is 1. The number of nitrogens with zero attached hydrogens (tertiary/aromatic N) is 3. The van der Waals surface area contributed by atoms with Crippen molar-refractivity contribution >= 4 is 80.9 Å². The van der Waals surface area contributed by atoms with Crippen LogP contribution in [0, 0.1) is 46.8 Å². The summed E-state index contributed by atoms with van der Waals surface area (Å²) in [6.07, 6.45) is 0.739. The van der Waals surface area contributed by atoms with E-state index in [0.29, 0.717) is 22.6 Å². The van der Waals surface area contributed by atoms with E-state index in [4.69, 9.17) is 44.0 Å². The number of anilines is 2. The molecule has 10 nitrogen and oxygen atoms in total. The van der Waals surface area contributed by atoms with E-state index in [1.807, 2.05) is 0 Å². The normalized spacial score (nSPS) is 26.6. The van der Waals surface area contributed by atoms with E-state index in [9.17, 15) is 37.5 Å². The Kier molecular flexibility index (Phi) is 8.52. The maximum absolute atomic E-state index is 15.4.